The molecule has 0 spiro atoms. The Kier molecular flexibility index (Phi) is 6.98. The summed E-state index contributed by atoms with van der Waals surface area (Å²) in [6.45, 7) is 5.24. The van der Waals surface area contributed by atoms with Crippen LogP contribution in [-0.4, -0.2) is 42.9 Å². The van der Waals surface area contributed by atoms with Gasteiger partial charge in [0.2, 0.25) is 5.91 Å². The number of H-pyrrole nitrogens is 1. The number of rotatable bonds is 9. The highest BCUT2D eigenvalue weighted by atomic mass is 32.2. The average Bonchev–Trinajstić information content (AvgIpc) is 3.14. The first kappa shape index (κ1) is 23.5. The number of carbonyl (C=O) groups excluding carboxylic acids is 2. The molecule has 9 heteroatoms. The molecule has 170 valence electrons. The van der Waals surface area contributed by atoms with Gasteiger partial charge in [-0.1, -0.05) is 26.0 Å². The van der Waals surface area contributed by atoms with Gasteiger partial charge >= 0.3 is 0 Å². The summed E-state index contributed by atoms with van der Waals surface area (Å²) in [5.74, 6) is -1.01. The summed E-state index contributed by atoms with van der Waals surface area (Å²) >= 11 is 0. The fourth-order valence-corrected chi connectivity index (χ4v) is 4.77. The smallest absolute Gasteiger partial charge is 0.235 e. The van der Waals surface area contributed by atoms with Crippen molar-refractivity contribution in [3.8, 4) is 5.75 Å². The van der Waals surface area contributed by atoms with Gasteiger partial charge < -0.3 is 15.0 Å². The Labute approximate surface area is 187 Å². The van der Waals surface area contributed by atoms with Crippen LogP contribution in [0.4, 0.5) is 0 Å². The predicted molar refractivity (Wildman–Crippen MR) is 122 cm³/mol. The van der Waals surface area contributed by atoms with Crippen molar-refractivity contribution >= 4 is 32.6 Å². The molecule has 0 saturated carbocycles. The average molecular weight is 458 g/mol. The number of aromatic nitrogens is 2. The number of fused-ring (bicyclic) bond motifs is 1. The Balaban J connectivity index is 1.76. The van der Waals surface area contributed by atoms with Crippen LogP contribution < -0.4 is 10.1 Å². The van der Waals surface area contributed by atoms with Crippen molar-refractivity contribution in [1.29, 1.82) is 0 Å². The molecule has 0 aliphatic carbocycles. The van der Waals surface area contributed by atoms with Gasteiger partial charge in [0, 0.05) is 11.1 Å². The first-order valence-electron chi connectivity index (χ1n) is 10.2. The minimum absolute atomic E-state index is 0.0189. The summed E-state index contributed by atoms with van der Waals surface area (Å²) in [6.07, 6.45) is 0. The summed E-state index contributed by atoms with van der Waals surface area (Å²) < 4.78 is 30.8. The number of hydrogen-bond donors (Lipinski definition) is 2. The number of nitrogens with zero attached hydrogens (tertiary/aromatic N) is 1. The molecule has 0 bridgehead atoms. The number of ether oxygens (including phenoxy) is 1. The van der Waals surface area contributed by atoms with Crippen molar-refractivity contribution in [2.24, 2.45) is 5.92 Å². The summed E-state index contributed by atoms with van der Waals surface area (Å²) in [6, 6.07) is 11.7. The maximum absolute atomic E-state index is 12.8. The van der Waals surface area contributed by atoms with Crippen molar-refractivity contribution in [3.63, 3.8) is 0 Å². The Hall–Kier alpha value is -3.20. The standard InChI is InChI=1S/C23H27N3O5S/c1-14(2)22(23-24-18-7-5-6-8-19(18)25-23)26-21(28)13-32(29,30)12-17-11-16(15(3)27)9-10-20(17)31-4/h5-11,14,22H,12-13H2,1-4H3,(H,24,25)(H,26,28)/t22-/m0/s1. The molecule has 3 aromatic rings. The molecule has 1 aromatic heterocycles. The molecule has 3 rings (SSSR count). The summed E-state index contributed by atoms with van der Waals surface area (Å²) in [5, 5.41) is 2.80. The molecule has 0 unspecified atom stereocenters. The lowest BCUT2D eigenvalue weighted by molar-refractivity contribution is -0.119. The summed E-state index contributed by atoms with van der Waals surface area (Å²) in [5.41, 5.74) is 2.33. The molecule has 1 atom stereocenters. The molecule has 0 fully saturated rings. The van der Waals surface area contributed by atoms with Crippen LogP contribution in [-0.2, 0) is 20.4 Å². The number of para-hydroxylation sites is 2. The fourth-order valence-electron chi connectivity index (χ4n) is 3.48. The molecule has 8 nitrogen and oxygen atoms in total. The molecule has 2 N–H and O–H groups in total. The number of ketones is 1. The van der Waals surface area contributed by atoms with Crippen LogP contribution in [0.15, 0.2) is 42.5 Å². The molecular formula is C23H27N3O5S. The van der Waals surface area contributed by atoms with E-state index in [2.05, 4.69) is 15.3 Å². The maximum atomic E-state index is 12.8. The second-order valence-corrected chi connectivity index (χ2v) is 10.1. The van der Waals surface area contributed by atoms with Crippen LogP contribution in [0.3, 0.4) is 0 Å². The zero-order valence-corrected chi connectivity index (χ0v) is 19.3. The molecular weight excluding hydrogens is 430 g/mol. The topological polar surface area (TPSA) is 118 Å². The van der Waals surface area contributed by atoms with E-state index >= 15 is 0 Å². The van der Waals surface area contributed by atoms with Gasteiger partial charge in [-0.2, -0.15) is 0 Å². The fraction of sp³-hybridized carbons (Fsp3) is 0.348. The maximum Gasteiger partial charge on any atom is 0.235 e. The molecule has 2 aromatic carbocycles. The molecule has 0 aliphatic rings. The highest BCUT2D eigenvalue weighted by Crippen LogP contribution is 2.24. The number of Topliss-reactive ketones (excluding diaryl/α,β-unsaturated/α-hetero) is 1. The van der Waals surface area contributed by atoms with E-state index in [0.29, 0.717) is 22.7 Å². The number of imidazole rings is 1. The lowest BCUT2D eigenvalue weighted by atomic mass is 10.0. The van der Waals surface area contributed by atoms with Gasteiger partial charge in [0.15, 0.2) is 15.6 Å². The largest absolute Gasteiger partial charge is 0.496 e. The molecule has 0 aliphatic heterocycles. The zero-order valence-electron chi connectivity index (χ0n) is 18.5. The number of sulfone groups is 1. The van der Waals surface area contributed by atoms with Gasteiger partial charge in [-0.3, -0.25) is 9.59 Å². The van der Waals surface area contributed by atoms with Crippen molar-refractivity contribution < 1.29 is 22.7 Å². The Morgan fingerprint density at radius 3 is 2.50 bits per heavy atom. The van der Waals surface area contributed by atoms with Crippen molar-refractivity contribution in [1.82, 2.24) is 15.3 Å². The third kappa shape index (κ3) is 5.53. The number of nitrogens with one attached hydrogen (secondary N) is 2. The first-order valence-corrected chi connectivity index (χ1v) is 12.0. The first-order chi connectivity index (χ1) is 15.1. The van der Waals surface area contributed by atoms with E-state index in [9.17, 15) is 18.0 Å². The normalized spacial score (nSPS) is 12.7. The predicted octanol–water partition coefficient (Wildman–Crippen LogP) is 3.20. The van der Waals surface area contributed by atoms with Crippen LogP contribution in [0.1, 0.15) is 48.6 Å². The number of amides is 1. The number of aromatic amines is 1. The van der Waals surface area contributed by atoms with Crippen molar-refractivity contribution in [2.75, 3.05) is 12.9 Å². The van der Waals surface area contributed by atoms with E-state index in [1.165, 1.54) is 20.1 Å². The minimum Gasteiger partial charge on any atom is -0.496 e. The minimum atomic E-state index is -3.82. The Morgan fingerprint density at radius 2 is 1.88 bits per heavy atom. The number of methoxy groups -OCH3 is 1. The monoisotopic (exact) mass is 457 g/mol. The van der Waals surface area contributed by atoms with Crippen molar-refractivity contribution in [3.05, 3.63) is 59.4 Å². The summed E-state index contributed by atoms with van der Waals surface area (Å²) in [4.78, 5) is 32.1. The number of benzene rings is 2. The van der Waals surface area contributed by atoms with Gasteiger partial charge in [-0.05, 0) is 43.2 Å². The lowest BCUT2D eigenvalue weighted by Crippen LogP contribution is -2.36. The van der Waals surface area contributed by atoms with Gasteiger partial charge in [-0.15, -0.1) is 0 Å². The van der Waals surface area contributed by atoms with E-state index in [1.54, 1.807) is 12.1 Å². The van der Waals surface area contributed by atoms with Gasteiger partial charge in [0.1, 0.15) is 17.3 Å². The lowest BCUT2D eigenvalue weighted by Gasteiger charge is -2.20. The van der Waals surface area contributed by atoms with Crippen molar-refractivity contribution in [2.45, 2.75) is 32.6 Å². The highest BCUT2D eigenvalue weighted by molar-refractivity contribution is 7.91. The third-order valence-electron chi connectivity index (χ3n) is 5.10. The van der Waals surface area contributed by atoms with E-state index in [1.807, 2.05) is 38.1 Å². The Morgan fingerprint density at radius 1 is 1.16 bits per heavy atom. The molecule has 0 radical (unpaired) electrons. The van der Waals surface area contributed by atoms with E-state index in [0.717, 1.165) is 11.0 Å². The molecule has 0 saturated heterocycles. The molecule has 1 amide bonds. The SMILES string of the molecule is COc1ccc(C(C)=O)cc1CS(=O)(=O)CC(=O)N[C@H](c1nc2ccccc2[nH]1)C(C)C. The third-order valence-corrected chi connectivity index (χ3v) is 6.55. The van der Waals surface area contributed by atoms with Crippen LogP contribution in [0.2, 0.25) is 0 Å². The van der Waals surface area contributed by atoms with E-state index in [-0.39, 0.29) is 11.7 Å². The van der Waals surface area contributed by atoms with Gasteiger partial charge in [0.05, 0.1) is 29.9 Å². The van der Waals surface area contributed by atoms with Gasteiger partial charge in [0.25, 0.3) is 0 Å². The van der Waals surface area contributed by atoms with Crippen LogP contribution in [0.5, 0.6) is 5.75 Å². The Bertz CT molecular complexity index is 1210. The highest BCUT2D eigenvalue weighted by Gasteiger charge is 2.26. The summed E-state index contributed by atoms with van der Waals surface area (Å²) in [7, 11) is -2.40. The zero-order chi connectivity index (χ0) is 23.5. The molecule has 1 heterocycles. The van der Waals surface area contributed by atoms with Crippen LogP contribution >= 0.6 is 0 Å². The second-order valence-electron chi connectivity index (χ2n) is 8.04. The van der Waals surface area contributed by atoms with Gasteiger partial charge in [-0.25, -0.2) is 13.4 Å². The quantitative estimate of drug-likeness (QED) is 0.477. The van der Waals surface area contributed by atoms with Crippen LogP contribution in [0, 0.1) is 5.92 Å². The van der Waals surface area contributed by atoms with Crippen LogP contribution in [0.25, 0.3) is 11.0 Å². The second kappa shape index (κ2) is 9.52. The molecule has 32 heavy (non-hydrogen) atoms. The van der Waals surface area contributed by atoms with E-state index < -0.39 is 33.3 Å². The van der Waals surface area contributed by atoms with E-state index in [4.69, 9.17) is 4.74 Å². The number of hydrogen-bond acceptors (Lipinski definition) is 6. The number of carbonyl (C=O) groups is 2.